The van der Waals surface area contributed by atoms with Crippen LogP contribution in [0.15, 0.2) is 100 Å². The van der Waals surface area contributed by atoms with E-state index in [-0.39, 0.29) is 0 Å². The number of para-hydroxylation sites is 1. The standard InChI is InChI=1S/C19H17N5/c20-16-11-13-18(14-12-16)22-24-19(15-7-3-1-4-8-15)23-21-17-9-5-2-6-10-17/h1-14,21H,20H2/b23-19+,24-22?. The molecule has 0 aliphatic rings. The Bertz CT molecular complexity index is 825. The Hall–Kier alpha value is -3.47. The molecule has 0 saturated carbocycles. The van der Waals surface area contributed by atoms with E-state index in [0.29, 0.717) is 17.2 Å². The molecule has 3 aromatic rings. The van der Waals surface area contributed by atoms with Gasteiger partial charge in [-0.3, -0.25) is 5.43 Å². The molecule has 24 heavy (non-hydrogen) atoms. The number of hydrazone groups is 1. The van der Waals surface area contributed by atoms with Crippen LogP contribution in [-0.4, -0.2) is 5.84 Å². The van der Waals surface area contributed by atoms with Crippen LogP contribution in [0.25, 0.3) is 0 Å². The van der Waals surface area contributed by atoms with E-state index in [1.165, 1.54) is 0 Å². The fourth-order valence-electron chi connectivity index (χ4n) is 2.01. The Balaban J connectivity index is 1.86. The minimum atomic E-state index is 0.497. The fraction of sp³-hybridized carbons (Fsp3) is 0. The topological polar surface area (TPSA) is 75.1 Å². The van der Waals surface area contributed by atoms with Crippen molar-refractivity contribution >= 4 is 22.9 Å². The maximum atomic E-state index is 5.68. The maximum absolute atomic E-state index is 5.68. The van der Waals surface area contributed by atoms with E-state index in [0.717, 1.165) is 11.3 Å². The predicted molar refractivity (Wildman–Crippen MR) is 98.4 cm³/mol. The van der Waals surface area contributed by atoms with Gasteiger partial charge in [0.25, 0.3) is 0 Å². The number of azo groups is 1. The summed E-state index contributed by atoms with van der Waals surface area (Å²) in [5.41, 5.74) is 11.8. The zero-order valence-corrected chi connectivity index (χ0v) is 13.0. The predicted octanol–water partition coefficient (Wildman–Crippen LogP) is 4.83. The molecule has 0 bridgehead atoms. The first-order chi connectivity index (χ1) is 11.8. The summed E-state index contributed by atoms with van der Waals surface area (Å²) in [6, 6.07) is 26.6. The molecule has 3 N–H and O–H groups in total. The van der Waals surface area contributed by atoms with Crippen molar-refractivity contribution in [2.45, 2.75) is 0 Å². The van der Waals surface area contributed by atoms with Crippen LogP contribution in [0.4, 0.5) is 17.1 Å². The van der Waals surface area contributed by atoms with E-state index in [1.54, 1.807) is 12.1 Å². The molecule has 0 aliphatic heterocycles. The monoisotopic (exact) mass is 315 g/mol. The number of amidine groups is 1. The van der Waals surface area contributed by atoms with Gasteiger partial charge in [-0.2, -0.15) is 5.10 Å². The maximum Gasteiger partial charge on any atom is 0.201 e. The molecule has 0 atom stereocenters. The second-order valence-electron chi connectivity index (χ2n) is 5.07. The molecule has 0 aliphatic carbocycles. The first-order valence-corrected chi connectivity index (χ1v) is 7.53. The second kappa shape index (κ2) is 7.69. The first-order valence-electron chi connectivity index (χ1n) is 7.53. The summed E-state index contributed by atoms with van der Waals surface area (Å²) >= 11 is 0. The number of hydrogen-bond acceptors (Lipinski definition) is 4. The molecule has 0 aromatic heterocycles. The molecular weight excluding hydrogens is 298 g/mol. The zero-order valence-electron chi connectivity index (χ0n) is 13.0. The lowest BCUT2D eigenvalue weighted by molar-refractivity contribution is 1.22. The van der Waals surface area contributed by atoms with Crippen molar-refractivity contribution < 1.29 is 0 Å². The number of nitrogens with zero attached hydrogens (tertiary/aromatic N) is 3. The van der Waals surface area contributed by atoms with Gasteiger partial charge < -0.3 is 5.73 Å². The Kier molecular flexibility index (Phi) is 4.94. The molecule has 0 unspecified atom stereocenters. The number of nitrogens with two attached hydrogens (primary N) is 1. The summed E-state index contributed by atoms with van der Waals surface area (Å²) in [5.74, 6) is 0.497. The number of rotatable bonds is 4. The van der Waals surface area contributed by atoms with E-state index in [9.17, 15) is 0 Å². The average Bonchev–Trinajstić information content (AvgIpc) is 2.65. The highest BCUT2D eigenvalue weighted by atomic mass is 15.3. The molecule has 0 heterocycles. The number of benzene rings is 3. The van der Waals surface area contributed by atoms with Gasteiger partial charge in [0.15, 0.2) is 0 Å². The molecular formula is C19H17N5. The van der Waals surface area contributed by atoms with Crippen LogP contribution < -0.4 is 11.2 Å². The van der Waals surface area contributed by atoms with Crippen LogP contribution in [-0.2, 0) is 0 Å². The van der Waals surface area contributed by atoms with Crippen molar-refractivity contribution in [3.05, 3.63) is 90.5 Å². The van der Waals surface area contributed by atoms with Gasteiger partial charge in [-0.25, -0.2) is 0 Å². The van der Waals surface area contributed by atoms with Crippen molar-refractivity contribution in [3.8, 4) is 0 Å². The molecule has 0 saturated heterocycles. The van der Waals surface area contributed by atoms with E-state index in [1.807, 2.05) is 72.8 Å². The molecule has 0 spiro atoms. The molecule has 0 fully saturated rings. The molecule has 3 rings (SSSR count). The fourth-order valence-corrected chi connectivity index (χ4v) is 2.01. The van der Waals surface area contributed by atoms with Crippen molar-refractivity contribution in [3.63, 3.8) is 0 Å². The Morgan fingerprint density at radius 2 is 1.38 bits per heavy atom. The van der Waals surface area contributed by atoms with Crippen molar-refractivity contribution in [1.29, 1.82) is 0 Å². The summed E-state index contributed by atoms with van der Waals surface area (Å²) in [6.07, 6.45) is 0. The van der Waals surface area contributed by atoms with Gasteiger partial charge in [0, 0.05) is 11.3 Å². The van der Waals surface area contributed by atoms with Crippen molar-refractivity contribution in [1.82, 2.24) is 0 Å². The second-order valence-corrected chi connectivity index (χ2v) is 5.07. The zero-order chi connectivity index (χ0) is 16.6. The largest absolute Gasteiger partial charge is 0.399 e. The number of hydrogen-bond donors (Lipinski definition) is 2. The number of nitrogens with one attached hydrogen (secondary N) is 1. The molecule has 0 radical (unpaired) electrons. The summed E-state index contributed by atoms with van der Waals surface area (Å²) in [6.45, 7) is 0. The van der Waals surface area contributed by atoms with Crippen LogP contribution >= 0.6 is 0 Å². The highest BCUT2D eigenvalue weighted by Gasteiger charge is 2.02. The van der Waals surface area contributed by atoms with Gasteiger partial charge in [0.1, 0.15) is 0 Å². The van der Waals surface area contributed by atoms with Gasteiger partial charge in [0.2, 0.25) is 5.84 Å². The van der Waals surface area contributed by atoms with E-state index >= 15 is 0 Å². The van der Waals surface area contributed by atoms with Gasteiger partial charge in [-0.15, -0.1) is 10.2 Å². The van der Waals surface area contributed by atoms with E-state index in [2.05, 4.69) is 20.8 Å². The lowest BCUT2D eigenvalue weighted by Crippen LogP contribution is -2.00. The third-order valence-electron chi connectivity index (χ3n) is 3.25. The minimum absolute atomic E-state index is 0.497. The number of nitrogen functional groups attached to an aromatic ring is 1. The Morgan fingerprint density at radius 3 is 2.04 bits per heavy atom. The lowest BCUT2D eigenvalue weighted by Gasteiger charge is -2.03. The van der Waals surface area contributed by atoms with Crippen LogP contribution in [0.2, 0.25) is 0 Å². The highest BCUT2D eigenvalue weighted by Crippen LogP contribution is 2.16. The smallest absolute Gasteiger partial charge is 0.201 e. The van der Waals surface area contributed by atoms with E-state index in [4.69, 9.17) is 5.73 Å². The first kappa shape index (κ1) is 15.4. The summed E-state index contributed by atoms with van der Waals surface area (Å²) in [4.78, 5) is 0. The van der Waals surface area contributed by atoms with Crippen LogP contribution in [0.3, 0.4) is 0 Å². The molecule has 5 heteroatoms. The summed E-state index contributed by atoms with van der Waals surface area (Å²) in [5, 5.41) is 12.9. The van der Waals surface area contributed by atoms with Gasteiger partial charge >= 0.3 is 0 Å². The van der Waals surface area contributed by atoms with Crippen LogP contribution in [0.5, 0.6) is 0 Å². The summed E-state index contributed by atoms with van der Waals surface area (Å²) < 4.78 is 0. The number of anilines is 2. The van der Waals surface area contributed by atoms with Crippen molar-refractivity contribution in [2.24, 2.45) is 15.3 Å². The quantitative estimate of drug-likeness (QED) is 0.238. The van der Waals surface area contributed by atoms with Crippen LogP contribution in [0.1, 0.15) is 5.56 Å². The third-order valence-corrected chi connectivity index (χ3v) is 3.25. The molecule has 5 nitrogen and oxygen atoms in total. The summed E-state index contributed by atoms with van der Waals surface area (Å²) in [7, 11) is 0. The third kappa shape index (κ3) is 4.27. The average molecular weight is 315 g/mol. The van der Waals surface area contributed by atoms with Crippen molar-refractivity contribution in [2.75, 3.05) is 11.2 Å². The lowest BCUT2D eigenvalue weighted by atomic mass is 10.2. The normalized spacial score (nSPS) is 11.6. The van der Waals surface area contributed by atoms with Gasteiger partial charge in [0.05, 0.1) is 11.4 Å². The highest BCUT2D eigenvalue weighted by molar-refractivity contribution is 5.99. The van der Waals surface area contributed by atoms with Gasteiger partial charge in [-0.05, 0) is 36.4 Å². The Morgan fingerprint density at radius 1 is 0.750 bits per heavy atom. The van der Waals surface area contributed by atoms with E-state index < -0.39 is 0 Å². The molecule has 3 aromatic carbocycles. The molecule has 118 valence electrons. The molecule has 0 amide bonds. The minimum Gasteiger partial charge on any atom is -0.399 e. The Labute approximate surface area is 140 Å². The van der Waals surface area contributed by atoms with Gasteiger partial charge in [-0.1, -0.05) is 48.5 Å². The SMILES string of the molecule is Nc1ccc(N=N/C(=N/Nc2ccccc2)c2ccccc2)cc1. The van der Waals surface area contributed by atoms with Crippen LogP contribution in [0, 0.1) is 0 Å².